The van der Waals surface area contributed by atoms with Crippen LogP contribution in [-0.2, 0) is 22.8 Å². The van der Waals surface area contributed by atoms with E-state index in [2.05, 4.69) is 5.32 Å². The van der Waals surface area contributed by atoms with Crippen molar-refractivity contribution in [1.29, 1.82) is 0 Å². The fraction of sp³-hybridized carbons (Fsp3) is 0.0938. The lowest BCUT2D eigenvalue weighted by molar-refractivity contribution is -0.122. The number of carbonyl (C=O) groups excluding carboxylic acids is 3. The quantitative estimate of drug-likeness (QED) is 0.108. The third-order valence-electron chi connectivity index (χ3n) is 6.44. The lowest BCUT2D eigenvalue weighted by Crippen LogP contribution is -2.54. The molecule has 1 saturated heterocycles. The Labute approximate surface area is 275 Å². The first-order valence-electron chi connectivity index (χ1n) is 13.0. The first kappa shape index (κ1) is 31.3. The van der Waals surface area contributed by atoms with Crippen LogP contribution in [-0.4, -0.2) is 25.0 Å². The van der Waals surface area contributed by atoms with E-state index in [0.29, 0.717) is 42.0 Å². The number of ether oxygens (including phenoxy) is 3. The Bertz CT molecular complexity index is 1800. The molecule has 0 radical (unpaired) electrons. The number of hydrogen-bond acceptors (Lipinski definition) is 6. The zero-order valence-corrected chi connectivity index (χ0v) is 26.6. The highest BCUT2D eigenvalue weighted by molar-refractivity contribution is 14.1. The fourth-order valence-corrected chi connectivity index (χ4v) is 5.54. The molecular formula is C32H22Cl2FIN2O6. The molecule has 0 aromatic heterocycles. The van der Waals surface area contributed by atoms with Crippen molar-refractivity contribution in [1.82, 2.24) is 5.32 Å². The van der Waals surface area contributed by atoms with Crippen molar-refractivity contribution in [3.8, 4) is 17.2 Å². The van der Waals surface area contributed by atoms with Crippen LogP contribution in [0.25, 0.3) is 6.08 Å². The van der Waals surface area contributed by atoms with Crippen LogP contribution in [0.2, 0.25) is 10.0 Å². The molecule has 5 rings (SSSR count). The maximum atomic E-state index is 13.6. The van der Waals surface area contributed by atoms with Gasteiger partial charge in [-0.3, -0.25) is 14.9 Å². The van der Waals surface area contributed by atoms with E-state index in [9.17, 15) is 18.8 Å². The highest BCUT2D eigenvalue weighted by atomic mass is 127. The normalized spacial score (nSPS) is 14.1. The molecule has 44 heavy (non-hydrogen) atoms. The SMILES string of the molecule is COc1cc(/C=C2\C(=O)NC(=O)N(c3ccc(OCc4ccc(Cl)cc4Cl)cc3)C2=O)cc(I)c1OCc1cccc(F)c1. The van der Waals surface area contributed by atoms with Gasteiger partial charge in [-0.15, -0.1) is 0 Å². The molecule has 12 heteroatoms. The molecule has 4 amide bonds. The van der Waals surface area contributed by atoms with Gasteiger partial charge in [-0.1, -0.05) is 41.4 Å². The number of nitrogens with one attached hydrogen (secondary N) is 1. The van der Waals surface area contributed by atoms with Gasteiger partial charge in [-0.05, 0) is 100 Å². The van der Waals surface area contributed by atoms with E-state index < -0.39 is 17.8 Å². The van der Waals surface area contributed by atoms with Gasteiger partial charge in [-0.2, -0.15) is 0 Å². The fourth-order valence-electron chi connectivity index (χ4n) is 4.30. The average Bonchev–Trinajstić information content (AvgIpc) is 2.98. The number of urea groups is 1. The summed E-state index contributed by atoms with van der Waals surface area (Å²) in [6.45, 7) is 0.276. The lowest BCUT2D eigenvalue weighted by Gasteiger charge is -2.26. The molecule has 4 aromatic rings. The smallest absolute Gasteiger partial charge is 0.335 e. The van der Waals surface area contributed by atoms with Gasteiger partial charge in [0.1, 0.15) is 30.4 Å². The van der Waals surface area contributed by atoms with Crippen molar-refractivity contribution in [3.05, 3.63) is 121 Å². The van der Waals surface area contributed by atoms with E-state index in [1.165, 1.54) is 37.5 Å². The second-order valence-corrected chi connectivity index (χ2v) is 11.4. The zero-order valence-electron chi connectivity index (χ0n) is 22.9. The molecule has 1 aliphatic heterocycles. The first-order chi connectivity index (χ1) is 21.1. The Kier molecular flexibility index (Phi) is 9.72. The number of amides is 4. The monoisotopic (exact) mass is 746 g/mol. The van der Waals surface area contributed by atoms with Crippen LogP contribution in [0.4, 0.5) is 14.9 Å². The number of benzene rings is 4. The number of nitrogens with zero attached hydrogens (tertiary/aromatic N) is 1. The van der Waals surface area contributed by atoms with Crippen LogP contribution in [0.3, 0.4) is 0 Å². The van der Waals surface area contributed by atoms with E-state index in [0.717, 1.165) is 10.5 Å². The molecule has 0 saturated carbocycles. The number of rotatable bonds is 9. The number of imide groups is 2. The van der Waals surface area contributed by atoms with E-state index in [1.54, 1.807) is 54.6 Å². The molecule has 0 aliphatic carbocycles. The molecule has 1 fully saturated rings. The standard InChI is InChI=1S/C32H22Cl2FIN2O6/c1-42-28-14-19(13-27(36)29(28)44-16-18-3-2-4-22(35)11-18)12-25-30(39)37-32(41)38(31(25)40)23-7-9-24(10-8-23)43-17-20-5-6-21(33)15-26(20)34/h2-15H,16-17H2,1H3,(H,37,39,41)/b25-12+. The molecule has 1 aliphatic rings. The van der Waals surface area contributed by atoms with E-state index in [4.69, 9.17) is 37.4 Å². The van der Waals surface area contributed by atoms with Gasteiger partial charge in [0.25, 0.3) is 11.8 Å². The topological polar surface area (TPSA) is 94.2 Å². The molecule has 4 aromatic carbocycles. The molecule has 0 atom stereocenters. The molecule has 1 heterocycles. The van der Waals surface area contributed by atoms with Crippen molar-refractivity contribution in [3.63, 3.8) is 0 Å². The van der Waals surface area contributed by atoms with Crippen LogP contribution in [0, 0.1) is 9.39 Å². The second-order valence-electron chi connectivity index (χ2n) is 9.43. The van der Waals surface area contributed by atoms with Gasteiger partial charge in [0.05, 0.1) is 16.4 Å². The van der Waals surface area contributed by atoms with Crippen LogP contribution in [0.1, 0.15) is 16.7 Å². The molecule has 8 nitrogen and oxygen atoms in total. The Morgan fingerprint density at radius 1 is 0.932 bits per heavy atom. The largest absolute Gasteiger partial charge is 0.493 e. The maximum Gasteiger partial charge on any atom is 0.335 e. The van der Waals surface area contributed by atoms with E-state index in [1.807, 2.05) is 22.6 Å². The summed E-state index contributed by atoms with van der Waals surface area (Å²) >= 11 is 14.2. The highest BCUT2D eigenvalue weighted by Gasteiger charge is 2.37. The van der Waals surface area contributed by atoms with Crippen LogP contribution in [0.15, 0.2) is 84.4 Å². The summed E-state index contributed by atoms with van der Waals surface area (Å²) in [4.78, 5) is 39.8. The Balaban J connectivity index is 1.34. The van der Waals surface area contributed by atoms with Gasteiger partial charge < -0.3 is 14.2 Å². The molecule has 0 unspecified atom stereocenters. The van der Waals surface area contributed by atoms with Crippen molar-refractivity contribution >= 4 is 75.4 Å². The van der Waals surface area contributed by atoms with Crippen LogP contribution >= 0.6 is 45.8 Å². The Morgan fingerprint density at radius 3 is 2.41 bits per heavy atom. The van der Waals surface area contributed by atoms with Crippen molar-refractivity contribution < 1.29 is 33.0 Å². The van der Waals surface area contributed by atoms with Crippen LogP contribution in [0.5, 0.6) is 17.2 Å². The predicted molar refractivity (Wildman–Crippen MR) is 173 cm³/mol. The van der Waals surface area contributed by atoms with Gasteiger partial charge in [0.2, 0.25) is 0 Å². The Hall–Kier alpha value is -4.13. The average molecular weight is 747 g/mol. The molecule has 0 bridgehead atoms. The predicted octanol–water partition coefficient (Wildman–Crippen LogP) is 7.57. The van der Waals surface area contributed by atoms with Crippen molar-refractivity contribution in [2.24, 2.45) is 0 Å². The maximum absolute atomic E-state index is 13.6. The highest BCUT2D eigenvalue weighted by Crippen LogP contribution is 2.36. The number of hydrogen-bond donors (Lipinski definition) is 1. The van der Waals surface area contributed by atoms with Gasteiger partial charge in [0, 0.05) is 15.6 Å². The number of halogens is 4. The second kappa shape index (κ2) is 13.7. The van der Waals surface area contributed by atoms with Gasteiger partial charge >= 0.3 is 6.03 Å². The Morgan fingerprint density at radius 2 is 1.70 bits per heavy atom. The number of anilines is 1. The van der Waals surface area contributed by atoms with Crippen molar-refractivity contribution in [2.45, 2.75) is 13.2 Å². The lowest BCUT2D eigenvalue weighted by atomic mass is 10.1. The summed E-state index contributed by atoms with van der Waals surface area (Å²) in [7, 11) is 1.45. The molecule has 0 spiro atoms. The first-order valence-corrected chi connectivity index (χ1v) is 14.8. The van der Waals surface area contributed by atoms with Crippen LogP contribution < -0.4 is 24.4 Å². The van der Waals surface area contributed by atoms with Gasteiger partial charge in [0.15, 0.2) is 11.5 Å². The van der Waals surface area contributed by atoms with E-state index >= 15 is 0 Å². The molecule has 1 N–H and O–H groups in total. The third-order valence-corrected chi connectivity index (χ3v) is 7.83. The van der Waals surface area contributed by atoms with Gasteiger partial charge in [-0.25, -0.2) is 14.1 Å². The summed E-state index contributed by atoms with van der Waals surface area (Å²) in [6, 6.07) is 19.8. The summed E-state index contributed by atoms with van der Waals surface area (Å²) in [5.74, 6) is -0.792. The minimum absolute atomic E-state index is 0.0984. The number of barbiturate groups is 1. The summed E-state index contributed by atoms with van der Waals surface area (Å²) < 4.78 is 31.4. The van der Waals surface area contributed by atoms with Crippen molar-refractivity contribution in [2.75, 3.05) is 12.0 Å². The van der Waals surface area contributed by atoms with E-state index in [-0.39, 0.29) is 30.3 Å². The zero-order chi connectivity index (χ0) is 31.4. The molecule has 224 valence electrons. The summed E-state index contributed by atoms with van der Waals surface area (Å²) in [5, 5.41) is 3.19. The minimum Gasteiger partial charge on any atom is -0.493 e. The molecular weight excluding hydrogens is 725 g/mol. The number of methoxy groups -OCH3 is 1. The summed E-state index contributed by atoms with van der Waals surface area (Å²) in [5.41, 5.74) is 1.80. The number of carbonyl (C=O) groups is 3. The third kappa shape index (κ3) is 7.15. The minimum atomic E-state index is -0.882. The summed E-state index contributed by atoms with van der Waals surface area (Å²) in [6.07, 6.45) is 1.37.